The Labute approximate surface area is 235 Å². The first-order valence-electron chi connectivity index (χ1n) is 13.6. The van der Waals surface area contributed by atoms with Gasteiger partial charge in [-0.15, -0.1) is 0 Å². The molecule has 0 saturated carbocycles. The van der Waals surface area contributed by atoms with Crippen molar-refractivity contribution in [3.8, 4) is 22.1 Å². The summed E-state index contributed by atoms with van der Waals surface area (Å²) < 4.78 is 6.45. The summed E-state index contributed by atoms with van der Waals surface area (Å²) in [5, 5.41) is 1.83. The Hall–Kier alpha value is -3.53. The van der Waals surface area contributed by atoms with Gasteiger partial charge in [-0.25, -0.2) is 15.0 Å². The maximum absolute atomic E-state index is 6.45. The highest BCUT2D eigenvalue weighted by Gasteiger charge is 2.21. The van der Waals surface area contributed by atoms with E-state index in [-0.39, 0.29) is 0 Å². The van der Waals surface area contributed by atoms with Crippen molar-refractivity contribution in [1.82, 2.24) is 24.8 Å². The van der Waals surface area contributed by atoms with Crippen molar-refractivity contribution < 1.29 is 4.74 Å². The Morgan fingerprint density at radius 1 is 1.00 bits per heavy atom. The van der Waals surface area contributed by atoms with Crippen molar-refractivity contribution in [3.05, 3.63) is 72.0 Å². The summed E-state index contributed by atoms with van der Waals surface area (Å²) in [7, 11) is 0. The van der Waals surface area contributed by atoms with Gasteiger partial charge in [0.15, 0.2) is 0 Å². The Bertz CT molecular complexity index is 1340. The number of nitrogens with two attached hydrogens (primary N) is 1. The lowest BCUT2D eigenvalue weighted by Crippen LogP contribution is -2.50. The molecule has 0 spiro atoms. The van der Waals surface area contributed by atoms with Gasteiger partial charge in [0.25, 0.3) is 0 Å². The normalized spacial score (nSPS) is 14.6. The lowest BCUT2D eigenvalue weighted by Gasteiger charge is -2.37. The van der Waals surface area contributed by atoms with Crippen molar-refractivity contribution in [3.63, 3.8) is 0 Å². The number of anilines is 3. The van der Waals surface area contributed by atoms with Gasteiger partial charge in [0.05, 0.1) is 16.9 Å². The molecule has 0 unspecified atom stereocenters. The fourth-order valence-corrected chi connectivity index (χ4v) is 5.61. The third-order valence-corrected chi connectivity index (χ3v) is 8.10. The number of pyridine rings is 2. The van der Waals surface area contributed by atoms with E-state index < -0.39 is 0 Å². The van der Waals surface area contributed by atoms with Gasteiger partial charge < -0.3 is 15.4 Å². The van der Waals surface area contributed by atoms with E-state index in [1.54, 1.807) is 23.7 Å². The number of hydrogen-bond acceptors (Lipinski definition) is 9. The summed E-state index contributed by atoms with van der Waals surface area (Å²) in [5.41, 5.74) is 8.50. The lowest BCUT2D eigenvalue weighted by molar-refractivity contribution is 0.111. The smallest absolute Gasteiger partial charge is 0.208 e. The van der Waals surface area contributed by atoms with Crippen molar-refractivity contribution in [2.24, 2.45) is 0 Å². The number of nitrogen functional groups attached to an aromatic ring is 1. The van der Waals surface area contributed by atoms with Gasteiger partial charge >= 0.3 is 0 Å². The molecular formula is C30H37N7OS. The van der Waals surface area contributed by atoms with Crippen LogP contribution in [0.15, 0.2) is 67.0 Å². The molecule has 9 heteroatoms. The fraction of sp³-hybridized carbons (Fsp3) is 0.367. The van der Waals surface area contributed by atoms with Crippen LogP contribution in [0, 0.1) is 0 Å². The first-order chi connectivity index (χ1) is 19.0. The van der Waals surface area contributed by atoms with Crippen LogP contribution in [0.3, 0.4) is 0 Å². The summed E-state index contributed by atoms with van der Waals surface area (Å²) >= 11 is 1.59. The van der Waals surface area contributed by atoms with E-state index >= 15 is 0 Å². The Morgan fingerprint density at radius 2 is 1.79 bits per heavy atom. The topological polar surface area (TPSA) is 83.6 Å². The second kappa shape index (κ2) is 12.5. The molecule has 1 fully saturated rings. The van der Waals surface area contributed by atoms with E-state index in [0.717, 1.165) is 84.4 Å². The van der Waals surface area contributed by atoms with Crippen LogP contribution in [0.4, 0.5) is 17.3 Å². The molecule has 4 aromatic rings. The molecule has 1 saturated heterocycles. The summed E-state index contributed by atoms with van der Waals surface area (Å²) in [6.07, 6.45) is 4.34. The highest BCUT2D eigenvalue weighted by atomic mass is 32.1. The number of aromatic nitrogens is 3. The standard InChI is InChI=1S/C30H37N7OS/c1-4-28-34-29(23-8-6-5-7-9-23)30(39-28)38-25-12-13-32-27(20-25)37(26-11-10-24(31)21-33-26)19-16-35-14-17-36(18-15-35)22(2)3/h5-13,20-22H,4,14-19,31H2,1-3H3. The van der Waals surface area contributed by atoms with Crippen LogP contribution in [0.25, 0.3) is 11.3 Å². The maximum Gasteiger partial charge on any atom is 0.208 e. The molecule has 1 aliphatic heterocycles. The van der Waals surface area contributed by atoms with Gasteiger partial charge in [-0.1, -0.05) is 48.6 Å². The average molecular weight is 544 g/mol. The molecule has 1 aromatic carbocycles. The minimum absolute atomic E-state index is 0.587. The van der Waals surface area contributed by atoms with E-state index in [9.17, 15) is 0 Å². The van der Waals surface area contributed by atoms with Gasteiger partial charge in [-0.2, -0.15) is 0 Å². The zero-order chi connectivity index (χ0) is 27.2. The largest absolute Gasteiger partial charge is 0.444 e. The number of rotatable bonds is 10. The zero-order valence-corrected chi connectivity index (χ0v) is 23.8. The SMILES string of the molecule is CCc1nc(-c2ccccc2)c(Oc2ccnc(N(CCN3CCN(C(C)C)CC3)c3ccc(N)cn3)c2)s1. The molecular weight excluding hydrogens is 506 g/mol. The highest BCUT2D eigenvalue weighted by Crippen LogP contribution is 2.39. The summed E-state index contributed by atoms with van der Waals surface area (Å²) in [6, 6.07) is 18.5. The first-order valence-corrected chi connectivity index (χ1v) is 14.5. The van der Waals surface area contributed by atoms with Crippen LogP contribution in [-0.4, -0.2) is 70.1 Å². The second-order valence-electron chi connectivity index (χ2n) is 9.99. The van der Waals surface area contributed by atoms with Crippen LogP contribution < -0.4 is 15.4 Å². The molecule has 1 aliphatic rings. The first kappa shape index (κ1) is 27.1. The molecule has 0 aliphatic carbocycles. The number of ether oxygens (including phenoxy) is 1. The van der Waals surface area contributed by atoms with Crippen LogP contribution in [-0.2, 0) is 6.42 Å². The van der Waals surface area contributed by atoms with Gasteiger partial charge in [0, 0.05) is 63.1 Å². The molecule has 3 aromatic heterocycles. The van der Waals surface area contributed by atoms with Crippen molar-refractivity contribution >= 4 is 28.7 Å². The van der Waals surface area contributed by atoms with Gasteiger partial charge in [0.1, 0.15) is 23.1 Å². The fourth-order valence-electron chi connectivity index (χ4n) is 4.71. The van der Waals surface area contributed by atoms with Crippen molar-refractivity contribution in [2.75, 3.05) is 49.9 Å². The predicted molar refractivity (Wildman–Crippen MR) is 160 cm³/mol. The quantitative estimate of drug-likeness (QED) is 0.273. The van der Waals surface area contributed by atoms with E-state index in [1.807, 2.05) is 42.5 Å². The minimum Gasteiger partial charge on any atom is -0.444 e. The molecule has 0 atom stereocenters. The Balaban J connectivity index is 1.37. The van der Waals surface area contributed by atoms with E-state index in [2.05, 4.69) is 52.6 Å². The van der Waals surface area contributed by atoms with Gasteiger partial charge in [-0.3, -0.25) is 9.80 Å². The monoisotopic (exact) mass is 543 g/mol. The number of thiazole rings is 1. The summed E-state index contributed by atoms with van der Waals surface area (Å²) in [5.74, 6) is 2.31. The zero-order valence-electron chi connectivity index (χ0n) is 23.0. The number of nitrogens with zero attached hydrogens (tertiary/aromatic N) is 6. The third-order valence-electron chi connectivity index (χ3n) is 7.02. The van der Waals surface area contributed by atoms with Crippen molar-refractivity contribution in [2.45, 2.75) is 33.2 Å². The van der Waals surface area contributed by atoms with Crippen LogP contribution in [0.5, 0.6) is 10.8 Å². The van der Waals surface area contributed by atoms with Crippen LogP contribution >= 0.6 is 11.3 Å². The van der Waals surface area contributed by atoms with E-state index in [1.165, 1.54) is 0 Å². The highest BCUT2D eigenvalue weighted by molar-refractivity contribution is 7.14. The number of aryl methyl sites for hydroxylation is 1. The Morgan fingerprint density at radius 3 is 2.49 bits per heavy atom. The van der Waals surface area contributed by atoms with Gasteiger partial charge in [0.2, 0.25) is 5.06 Å². The molecule has 4 heterocycles. The molecule has 2 N–H and O–H groups in total. The minimum atomic E-state index is 0.587. The second-order valence-corrected chi connectivity index (χ2v) is 11.0. The molecule has 0 amide bonds. The van der Waals surface area contributed by atoms with E-state index in [0.29, 0.717) is 11.7 Å². The summed E-state index contributed by atoms with van der Waals surface area (Å²) in [6.45, 7) is 12.6. The number of hydrogen-bond donors (Lipinski definition) is 1. The van der Waals surface area contributed by atoms with E-state index in [4.69, 9.17) is 20.4 Å². The molecule has 5 rings (SSSR count). The number of piperazine rings is 1. The maximum atomic E-state index is 6.45. The number of benzene rings is 1. The Kier molecular flexibility index (Phi) is 8.71. The molecule has 204 valence electrons. The van der Waals surface area contributed by atoms with Gasteiger partial charge in [-0.05, 0) is 38.5 Å². The molecule has 0 radical (unpaired) electrons. The summed E-state index contributed by atoms with van der Waals surface area (Å²) in [4.78, 5) is 21.4. The molecule has 0 bridgehead atoms. The van der Waals surface area contributed by atoms with Crippen LogP contribution in [0.1, 0.15) is 25.8 Å². The molecule has 39 heavy (non-hydrogen) atoms. The predicted octanol–water partition coefficient (Wildman–Crippen LogP) is 5.70. The molecule has 8 nitrogen and oxygen atoms in total. The third kappa shape index (κ3) is 6.73. The lowest BCUT2D eigenvalue weighted by atomic mass is 10.2. The van der Waals surface area contributed by atoms with Crippen LogP contribution in [0.2, 0.25) is 0 Å². The average Bonchev–Trinajstić information content (AvgIpc) is 3.38. The van der Waals surface area contributed by atoms with Crippen molar-refractivity contribution in [1.29, 1.82) is 0 Å².